The molecular weight excluding hydrogens is 262 g/mol. The lowest BCUT2D eigenvalue weighted by atomic mass is 9.98. The first-order valence-electron chi connectivity index (χ1n) is 6.32. The molecule has 8 heteroatoms. The van der Waals surface area contributed by atoms with Crippen LogP contribution < -0.4 is 16.0 Å². The van der Waals surface area contributed by atoms with Gasteiger partial charge in [0.25, 0.3) is 0 Å². The van der Waals surface area contributed by atoms with E-state index in [0.29, 0.717) is 6.54 Å². The van der Waals surface area contributed by atoms with E-state index in [1.165, 1.54) is 4.90 Å². The Balaban J connectivity index is 2.27. The molecule has 1 unspecified atom stereocenters. The molecule has 1 atom stereocenters. The summed E-state index contributed by atoms with van der Waals surface area (Å²) in [5, 5.41) is 11.8. The highest BCUT2D eigenvalue weighted by atomic mass is 16.4. The van der Waals surface area contributed by atoms with Crippen LogP contribution >= 0.6 is 0 Å². The Morgan fingerprint density at radius 1 is 1.65 bits per heavy atom. The molecule has 2 rings (SSSR count). The van der Waals surface area contributed by atoms with Gasteiger partial charge in [-0.2, -0.15) is 4.98 Å². The molecule has 0 aliphatic carbocycles. The van der Waals surface area contributed by atoms with Gasteiger partial charge in [-0.25, -0.2) is 14.6 Å². The Labute approximate surface area is 116 Å². The molecule has 0 aromatic carbocycles. The number of rotatable bonds is 4. The number of nitrogens with zero attached hydrogens (tertiary/aromatic N) is 3. The second kappa shape index (κ2) is 4.95. The van der Waals surface area contributed by atoms with Crippen molar-refractivity contribution < 1.29 is 14.7 Å². The summed E-state index contributed by atoms with van der Waals surface area (Å²) in [6, 6.07) is -0.302. The van der Waals surface area contributed by atoms with Gasteiger partial charge in [-0.1, -0.05) is 13.3 Å². The van der Waals surface area contributed by atoms with E-state index in [1.54, 1.807) is 0 Å². The lowest BCUT2D eigenvalue weighted by molar-refractivity contribution is 0.0697. The Hall–Kier alpha value is -2.38. The van der Waals surface area contributed by atoms with Gasteiger partial charge in [0.15, 0.2) is 0 Å². The average molecular weight is 279 g/mol. The third-order valence-electron chi connectivity index (χ3n) is 3.24. The lowest BCUT2D eigenvalue weighted by Crippen LogP contribution is -2.39. The fourth-order valence-electron chi connectivity index (χ4n) is 2.32. The Bertz CT molecular complexity index is 562. The number of urea groups is 1. The minimum Gasteiger partial charge on any atom is -0.477 e. The molecule has 0 bridgehead atoms. The molecule has 2 heterocycles. The normalized spacial score (nSPS) is 21.9. The molecule has 1 aliphatic rings. The SMILES string of the molecule is CCCC1(C)CN(c2ncc(C(=O)O)c(N)n2)C(=O)N1. The molecule has 1 saturated heterocycles. The molecule has 20 heavy (non-hydrogen) atoms. The van der Waals surface area contributed by atoms with Gasteiger partial charge in [0, 0.05) is 6.20 Å². The third kappa shape index (κ3) is 2.49. The number of carboxylic acid groups (broad SMARTS) is 1. The molecule has 108 valence electrons. The number of anilines is 2. The summed E-state index contributed by atoms with van der Waals surface area (Å²) in [5.41, 5.74) is 5.06. The summed E-state index contributed by atoms with van der Waals surface area (Å²) >= 11 is 0. The van der Waals surface area contributed by atoms with Crippen LogP contribution in [0.4, 0.5) is 16.6 Å². The van der Waals surface area contributed by atoms with Crippen molar-refractivity contribution in [3.8, 4) is 0 Å². The number of carbonyl (C=O) groups excluding carboxylic acids is 1. The van der Waals surface area contributed by atoms with Crippen LogP contribution in [0.25, 0.3) is 0 Å². The van der Waals surface area contributed by atoms with Crippen LogP contribution in [0.15, 0.2) is 6.20 Å². The average Bonchev–Trinajstić information content (AvgIpc) is 2.64. The highest BCUT2D eigenvalue weighted by Crippen LogP contribution is 2.24. The van der Waals surface area contributed by atoms with E-state index < -0.39 is 5.97 Å². The van der Waals surface area contributed by atoms with Crippen LogP contribution in [-0.4, -0.2) is 39.2 Å². The van der Waals surface area contributed by atoms with Crippen LogP contribution in [0.2, 0.25) is 0 Å². The predicted molar refractivity (Wildman–Crippen MR) is 72.6 cm³/mol. The molecular formula is C12H17N5O3. The molecule has 2 amide bonds. The first-order valence-corrected chi connectivity index (χ1v) is 6.32. The third-order valence-corrected chi connectivity index (χ3v) is 3.24. The van der Waals surface area contributed by atoms with Gasteiger partial charge in [-0.05, 0) is 13.3 Å². The van der Waals surface area contributed by atoms with Gasteiger partial charge in [0.05, 0.1) is 12.1 Å². The molecule has 0 radical (unpaired) electrons. The number of carboxylic acids is 1. The minimum atomic E-state index is -1.20. The van der Waals surface area contributed by atoms with Gasteiger partial charge >= 0.3 is 12.0 Å². The van der Waals surface area contributed by atoms with Crippen molar-refractivity contribution >= 4 is 23.8 Å². The molecule has 1 aromatic heterocycles. The largest absolute Gasteiger partial charge is 0.477 e. The summed E-state index contributed by atoms with van der Waals surface area (Å²) in [6.45, 7) is 4.41. The molecule has 4 N–H and O–H groups in total. The maximum absolute atomic E-state index is 12.0. The van der Waals surface area contributed by atoms with Crippen LogP contribution in [0.1, 0.15) is 37.0 Å². The van der Waals surface area contributed by atoms with E-state index in [2.05, 4.69) is 15.3 Å². The van der Waals surface area contributed by atoms with E-state index in [4.69, 9.17) is 10.8 Å². The van der Waals surface area contributed by atoms with Crippen molar-refractivity contribution in [2.24, 2.45) is 0 Å². The number of nitrogen functional groups attached to an aromatic ring is 1. The Kier molecular flexibility index (Phi) is 3.47. The quantitative estimate of drug-likeness (QED) is 0.751. The van der Waals surface area contributed by atoms with E-state index in [0.717, 1.165) is 19.0 Å². The fraction of sp³-hybridized carbons (Fsp3) is 0.500. The highest BCUT2D eigenvalue weighted by molar-refractivity contribution is 5.95. The highest BCUT2D eigenvalue weighted by Gasteiger charge is 2.39. The molecule has 0 spiro atoms. The molecule has 0 saturated carbocycles. The summed E-state index contributed by atoms with van der Waals surface area (Å²) in [7, 11) is 0. The van der Waals surface area contributed by atoms with Gasteiger partial charge < -0.3 is 16.2 Å². The van der Waals surface area contributed by atoms with Crippen LogP contribution in [0.5, 0.6) is 0 Å². The number of aromatic nitrogens is 2. The van der Waals surface area contributed by atoms with Crippen molar-refractivity contribution in [3.63, 3.8) is 0 Å². The van der Waals surface area contributed by atoms with E-state index >= 15 is 0 Å². The van der Waals surface area contributed by atoms with Crippen molar-refractivity contribution in [3.05, 3.63) is 11.8 Å². The van der Waals surface area contributed by atoms with E-state index in [1.807, 2.05) is 13.8 Å². The monoisotopic (exact) mass is 279 g/mol. The topological polar surface area (TPSA) is 121 Å². The second-order valence-corrected chi connectivity index (χ2v) is 5.10. The van der Waals surface area contributed by atoms with Gasteiger partial charge in [0.1, 0.15) is 11.4 Å². The first-order chi connectivity index (χ1) is 9.36. The van der Waals surface area contributed by atoms with E-state index in [9.17, 15) is 9.59 Å². The smallest absolute Gasteiger partial charge is 0.341 e. The predicted octanol–water partition coefficient (Wildman–Crippen LogP) is 0.845. The number of amides is 2. The number of nitrogens with one attached hydrogen (secondary N) is 1. The second-order valence-electron chi connectivity index (χ2n) is 5.10. The summed E-state index contributed by atoms with van der Waals surface area (Å²) in [4.78, 5) is 32.0. The number of hydrogen-bond donors (Lipinski definition) is 3. The number of hydrogen-bond acceptors (Lipinski definition) is 5. The summed E-state index contributed by atoms with van der Waals surface area (Å²) in [6.07, 6.45) is 2.88. The van der Waals surface area contributed by atoms with Crippen LogP contribution in [0, 0.1) is 0 Å². The summed E-state index contributed by atoms with van der Waals surface area (Å²) in [5.74, 6) is -1.24. The zero-order valence-corrected chi connectivity index (χ0v) is 11.4. The molecule has 1 aliphatic heterocycles. The summed E-state index contributed by atoms with van der Waals surface area (Å²) < 4.78 is 0. The van der Waals surface area contributed by atoms with Crippen molar-refractivity contribution in [2.75, 3.05) is 17.2 Å². The van der Waals surface area contributed by atoms with Crippen LogP contribution in [0.3, 0.4) is 0 Å². The standard InChI is InChI=1S/C12H17N5O3/c1-3-4-12(2)6-17(11(20)16-12)10-14-5-7(9(18)19)8(13)15-10/h5H,3-4,6H2,1-2H3,(H,16,20)(H,18,19)(H2,13,14,15). The maximum atomic E-state index is 12.0. The minimum absolute atomic E-state index is 0.116. The van der Waals surface area contributed by atoms with Gasteiger partial charge in [-0.3, -0.25) is 4.90 Å². The molecule has 1 fully saturated rings. The lowest BCUT2D eigenvalue weighted by Gasteiger charge is -2.22. The van der Waals surface area contributed by atoms with Crippen molar-refractivity contribution in [1.82, 2.24) is 15.3 Å². The Morgan fingerprint density at radius 2 is 2.35 bits per heavy atom. The molecule has 8 nitrogen and oxygen atoms in total. The number of nitrogens with two attached hydrogens (primary N) is 1. The van der Waals surface area contributed by atoms with Gasteiger partial charge in [-0.15, -0.1) is 0 Å². The van der Waals surface area contributed by atoms with E-state index in [-0.39, 0.29) is 28.9 Å². The first kappa shape index (κ1) is 14.0. The maximum Gasteiger partial charge on any atom is 0.341 e. The number of carbonyl (C=O) groups is 2. The fourth-order valence-corrected chi connectivity index (χ4v) is 2.32. The van der Waals surface area contributed by atoms with Gasteiger partial charge in [0.2, 0.25) is 5.95 Å². The Morgan fingerprint density at radius 3 is 2.90 bits per heavy atom. The zero-order chi connectivity index (χ0) is 14.9. The van der Waals surface area contributed by atoms with Crippen molar-refractivity contribution in [1.29, 1.82) is 0 Å². The number of aromatic carboxylic acids is 1. The van der Waals surface area contributed by atoms with Crippen molar-refractivity contribution in [2.45, 2.75) is 32.2 Å². The zero-order valence-electron chi connectivity index (χ0n) is 11.4. The van der Waals surface area contributed by atoms with Crippen LogP contribution in [-0.2, 0) is 0 Å². The molecule has 1 aromatic rings.